The van der Waals surface area contributed by atoms with E-state index in [2.05, 4.69) is 56.6 Å². The smallest absolute Gasteiger partial charge is 0.190 e. The van der Waals surface area contributed by atoms with Gasteiger partial charge in [0.1, 0.15) is 0 Å². The second kappa shape index (κ2) is 13.4. The van der Waals surface area contributed by atoms with E-state index in [0.717, 1.165) is 71.3 Å². The number of nitrogens with zero attached hydrogens (tertiary/aromatic N) is 3. The molecular formula is C22H39N5O. The van der Waals surface area contributed by atoms with Gasteiger partial charge in [0, 0.05) is 65.2 Å². The molecule has 1 aromatic carbocycles. The molecule has 1 heterocycles. The van der Waals surface area contributed by atoms with E-state index in [1.807, 2.05) is 14.0 Å². The fourth-order valence-electron chi connectivity index (χ4n) is 3.47. The number of piperazine rings is 1. The topological polar surface area (TPSA) is 52.1 Å². The van der Waals surface area contributed by atoms with Crippen LogP contribution in [0, 0.1) is 6.92 Å². The van der Waals surface area contributed by atoms with Crippen molar-refractivity contribution in [1.29, 1.82) is 0 Å². The van der Waals surface area contributed by atoms with Crippen molar-refractivity contribution in [3.05, 3.63) is 29.8 Å². The molecule has 6 nitrogen and oxygen atoms in total. The van der Waals surface area contributed by atoms with Crippen molar-refractivity contribution < 1.29 is 4.74 Å². The minimum atomic E-state index is 0.786. The molecule has 0 radical (unpaired) electrons. The zero-order valence-electron chi connectivity index (χ0n) is 18.0. The van der Waals surface area contributed by atoms with Crippen LogP contribution in [0.15, 0.2) is 29.3 Å². The van der Waals surface area contributed by atoms with E-state index in [1.54, 1.807) is 0 Å². The molecule has 1 aliphatic rings. The molecule has 0 aromatic heterocycles. The molecule has 2 N–H and O–H groups in total. The van der Waals surface area contributed by atoms with Gasteiger partial charge in [-0.05, 0) is 57.4 Å². The summed E-state index contributed by atoms with van der Waals surface area (Å²) in [4.78, 5) is 9.37. The number of unbranched alkanes of at least 4 members (excludes halogenated alkanes) is 1. The summed E-state index contributed by atoms with van der Waals surface area (Å²) in [6, 6.07) is 8.84. The number of benzene rings is 1. The minimum Gasteiger partial charge on any atom is -0.382 e. The number of nitrogens with one attached hydrogen (secondary N) is 2. The van der Waals surface area contributed by atoms with Crippen LogP contribution in [0.1, 0.15) is 31.7 Å². The fourth-order valence-corrected chi connectivity index (χ4v) is 3.47. The summed E-state index contributed by atoms with van der Waals surface area (Å²) in [7, 11) is 1.82. The first-order chi connectivity index (χ1) is 13.7. The average Bonchev–Trinajstić information content (AvgIpc) is 2.72. The first-order valence-electron chi connectivity index (χ1n) is 10.8. The average molecular weight is 390 g/mol. The lowest BCUT2D eigenvalue weighted by molar-refractivity contribution is 0.145. The molecule has 28 heavy (non-hydrogen) atoms. The normalized spacial score (nSPS) is 15.7. The maximum Gasteiger partial charge on any atom is 0.190 e. The fraction of sp³-hybridized carbons (Fsp3) is 0.682. The van der Waals surface area contributed by atoms with E-state index < -0.39 is 0 Å². The lowest BCUT2D eigenvalue weighted by Gasteiger charge is -2.36. The Kier molecular flexibility index (Phi) is 10.8. The maximum atomic E-state index is 5.35. The number of anilines is 1. The predicted octanol–water partition coefficient (Wildman–Crippen LogP) is 2.49. The molecule has 0 bridgehead atoms. The number of hydrogen-bond donors (Lipinski definition) is 2. The zero-order valence-corrected chi connectivity index (χ0v) is 18.0. The number of aliphatic imine (C=N–C) groups is 1. The molecule has 0 amide bonds. The second-order valence-electron chi connectivity index (χ2n) is 7.35. The Balaban J connectivity index is 1.52. The van der Waals surface area contributed by atoms with E-state index in [9.17, 15) is 0 Å². The number of aryl methyl sites for hydroxylation is 1. The predicted molar refractivity (Wildman–Crippen MR) is 120 cm³/mol. The van der Waals surface area contributed by atoms with E-state index in [0.29, 0.717) is 0 Å². The third-order valence-electron chi connectivity index (χ3n) is 5.12. The lowest BCUT2D eigenvalue weighted by Crippen LogP contribution is -2.46. The van der Waals surface area contributed by atoms with Crippen molar-refractivity contribution in [3.8, 4) is 0 Å². The largest absolute Gasteiger partial charge is 0.382 e. The molecule has 0 saturated carbocycles. The SMILES string of the molecule is CCOCCCNC(=NC)NCCCCN1CCN(c2cccc(C)c2)CC1. The highest BCUT2D eigenvalue weighted by Gasteiger charge is 2.16. The van der Waals surface area contributed by atoms with Crippen molar-refractivity contribution in [2.45, 2.75) is 33.1 Å². The van der Waals surface area contributed by atoms with Gasteiger partial charge >= 0.3 is 0 Å². The van der Waals surface area contributed by atoms with Crippen molar-refractivity contribution in [2.75, 3.05) is 71.0 Å². The monoisotopic (exact) mass is 389 g/mol. The van der Waals surface area contributed by atoms with Gasteiger partial charge in [-0.2, -0.15) is 0 Å². The molecule has 0 spiro atoms. The Bertz CT molecular complexity index is 570. The van der Waals surface area contributed by atoms with Gasteiger partial charge in [-0.15, -0.1) is 0 Å². The van der Waals surface area contributed by atoms with Crippen LogP contribution < -0.4 is 15.5 Å². The Morgan fingerprint density at radius 2 is 1.82 bits per heavy atom. The van der Waals surface area contributed by atoms with Crippen LogP contribution in [0.25, 0.3) is 0 Å². The van der Waals surface area contributed by atoms with E-state index in [-0.39, 0.29) is 0 Å². The summed E-state index contributed by atoms with van der Waals surface area (Å²) >= 11 is 0. The van der Waals surface area contributed by atoms with Gasteiger partial charge in [0.25, 0.3) is 0 Å². The molecule has 0 aliphatic carbocycles. The lowest BCUT2D eigenvalue weighted by atomic mass is 10.2. The van der Waals surface area contributed by atoms with Crippen LogP contribution in [0.4, 0.5) is 5.69 Å². The van der Waals surface area contributed by atoms with Crippen LogP contribution in [0.2, 0.25) is 0 Å². The molecule has 1 saturated heterocycles. The molecule has 1 aromatic rings. The van der Waals surface area contributed by atoms with E-state index in [4.69, 9.17) is 4.74 Å². The highest BCUT2D eigenvalue weighted by molar-refractivity contribution is 5.79. The molecule has 1 fully saturated rings. The zero-order chi connectivity index (χ0) is 20.0. The van der Waals surface area contributed by atoms with Crippen molar-refractivity contribution in [3.63, 3.8) is 0 Å². The summed E-state index contributed by atoms with van der Waals surface area (Å²) in [5.74, 6) is 0.892. The van der Waals surface area contributed by atoms with Gasteiger partial charge in [-0.25, -0.2) is 0 Å². The van der Waals surface area contributed by atoms with Crippen LogP contribution in [0.5, 0.6) is 0 Å². The highest BCUT2D eigenvalue weighted by atomic mass is 16.5. The Hall–Kier alpha value is -1.79. The Morgan fingerprint density at radius 3 is 2.50 bits per heavy atom. The Labute approximate surface area is 171 Å². The van der Waals surface area contributed by atoms with Crippen LogP contribution in [0.3, 0.4) is 0 Å². The minimum absolute atomic E-state index is 0.786. The third-order valence-corrected chi connectivity index (χ3v) is 5.12. The van der Waals surface area contributed by atoms with Gasteiger partial charge in [0.15, 0.2) is 5.96 Å². The van der Waals surface area contributed by atoms with Crippen molar-refractivity contribution in [1.82, 2.24) is 15.5 Å². The number of ether oxygens (including phenoxy) is 1. The Morgan fingerprint density at radius 1 is 1.07 bits per heavy atom. The van der Waals surface area contributed by atoms with Gasteiger partial charge in [-0.3, -0.25) is 9.89 Å². The molecule has 0 unspecified atom stereocenters. The van der Waals surface area contributed by atoms with Crippen molar-refractivity contribution in [2.24, 2.45) is 4.99 Å². The van der Waals surface area contributed by atoms with Gasteiger partial charge in [0.05, 0.1) is 0 Å². The van der Waals surface area contributed by atoms with Crippen molar-refractivity contribution >= 4 is 11.6 Å². The first kappa shape index (κ1) is 22.5. The number of rotatable bonds is 11. The third kappa shape index (κ3) is 8.48. The summed E-state index contributed by atoms with van der Waals surface area (Å²) < 4.78 is 5.35. The molecule has 2 rings (SSSR count). The molecule has 1 aliphatic heterocycles. The summed E-state index contributed by atoms with van der Waals surface area (Å²) in [6.45, 7) is 13.4. The van der Waals surface area contributed by atoms with E-state index in [1.165, 1.54) is 24.2 Å². The number of guanidine groups is 1. The second-order valence-corrected chi connectivity index (χ2v) is 7.35. The molecule has 0 atom stereocenters. The summed E-state index contributed by atoms with van der Waals surface area (Å²) in [5.41, 5.74) is 2.70. The van der Waals surface area contributed by atoms with Crippen LogP contribution in [-0.2, 0) is 4.74 Å². The highest BCUT2D eigenvalue weighted by Crippen LogP contribution is 2.17. The van der Waals surface area contributed by atoms with Crippen LogP contribution >= 0.6 is 0 Å². The van der Waals surface area contributed by atoms with Gasteiger partial charge in [0.2, 0.25) is 0 Å². The quantitative estimate of drug-likeness (QED) is 0.346. The van der Waals surface area contributed by atoms with Gasteiger partial charge < -0.3 is 20.3 Å². The maximum absolute atomic E-state index is 5.35. The first-order valence-corrected chi connectivity index (χ1v) is 10.8. The summed E-state index contributed by atoms with van der Waals surface area (Å²) in [6.07, 6.45) is 3.39. The van der Waals surface area contributed by atoms with E-state index >= 15 is 0 Å². The molecule has 158 valence electrons. The molecule has 6 heteroatoms. The molecular weight excluding hydrogens is 350 g/mol. The number of hydrogen-bond acceptors (Lipinski definition) is 4. The standard InChI is InChI=1S/C22H39N5O/c1-4-28-18-8-12-25-22(23-3)24-11-5-6-13-26-14-16-27(17-15-26)21-10-7-9-20(2)19-21/h7,9-10,19H,4-6,8,11-18H2,1-3H3,(H2,23,24,25). The summed E-state index contributed by atoms with van der Waals surface area (Å²) in [5, 5.41) is 6.74. The van der Waals surface area contributed by atoms with Crippen LogP contribution in [-0.4, -0.2) is 76.9 Å². The van der Waals surface area contributed by atoms with Gasteiger partial charge in [-0.1, -0.05) is 12.1 Å².